The fourth-order valence-corrected chi connectivity index (χ4v) is 4.35. The highest BCUT2D eigenvalue weighted by Crippen LogP contribution is 2.29. The molecule has 1 saturated heterocycles. The van der Waals surface area contributed by atoms with Crippen LogP contribution in [0.4, 0.5) is 0 Å². The van der Waals surface area contributed by atoms with Crippen molar-refractivity contribution in [1.29, 1.82) is 0 Å². The number of pyridine rings is 1. The van der Waals surface area contributed by atoms with E-state index >= 15 is 0 Å². The molecule has 5 heteroatoms. The van der Waals surface area contributed by atoms with Crippen LogP contribution in [0.2, 0.25) is 0 Å². The van der Waals surface area contributed by atoms with Crippen LogP contribution >= 0.6 is 12.4 Å². The van der Waals surface area contributed by atoms with Gasteiger partial charge in [-0.2, -0.15) is 0 Å². The summed E-state index contributed by atoms with van der Waals surface area (Å²) in [6, 6.07) is 11.8. The number of nitrogens with zero attached hydrogens (tertiary/aromatic N) is 1. The van der Waals surface area contributed by atoms with E-state index in [0.29, 0.717) is 18.0 Å². The first-order valence-electron chi connectivity index (χ1n) is 9.29. The molecule has 0 bridgehead atoms. The van der Waals surface area contributed by atoms with Crippen LogP contribution in [0, 0.1) is 5.92 Å². The molecule has 0 radical (unpaired) electrons. The van der Waals surface area contributed by atoms with Gasteiger partial charge in [-0.1, -0.05) is 30.7 Å². The van der Waals surface area contributed by atoms with Gasteiger partial charge in [0.25, 0.3) is 0 Å². The molecule has 25 heavy (non-hydrogen) atoms. The molecular weight excluding hydrogens is 334 g/mol. The Bertz CT molecular complexity index is 670. The second-order valence-corrected chi connectivity index (χ2v) is 7.03. The Labute approximate surface area is 156 Å². The fraction of sp³-hybridized carbons (Fsp3) is 0.550. The zero-order chi connectivity index (χ0) is 16.2. The molecule has 2 heterocycles. The van der Waals surface area contributed by atoms with Gasteiger partial charge in [-0.05, 0) is 43.4 Å². The van der Waals surface area contributed by atoms with E-state index in [-0.39, 0.29) is 12.4 Å². The van der Waals surface area contributed by atoms with Crippen molar-refractivity contribution in [2.45, 2.75) is 37.8 Å². The predicted octanol–water partition coefficient (Wildman–Crippen LogP) is 2.95. The van der Waals surface area contributed by atoms with E-state index in [1.165, 1.54) is 30.2 Å². The minimum atomic E-state index is 0. The van der Waals surface area contributed by atoms with Crippen molar-refractivity contribution in [3.05, 3.63) is 42.1 Å². The lowest BCUT2D eigenvalue weighted by Crippen LogP contribution is -2.51. The Morgan fingerprint density at radius 1 is 1.20 bits per heavy atom. The van der Waals surface area contributed by atoms with E-state index in [4.69, 9.17) is 4.74 Å². The number of halogens is 1. The van der Waals surface area contributed by atoms with Gasteiger partial charge >= 0.3 is 0 Å². The Hall–Kier alpha value is -1.20. The maximum Gasteiger partial charge on any atom is 0.0734 e. The van der Waals surface area contributed by atoms with Crippen molar-refractivity contribution in [3.63, 3.8) is 0 Å². The first kappa shape index (κ1) is 18.6. The molecule has 4 rings (SSSR count). The number of morpholine rings is 1. The molecule has 2 aromatic rings. The number of rotatable bonds is 5. The lowest BCUT2D eigenvalue weighted by Gasteiger charge is -2.33. The van der Waals surface area contributed by atoms with Gasteiger partial charge in [-0.15, -0.1) is 12.4 Å². The Balaban J connectivity index is 0.00000182. The van der Waals surface area contributed by atoms with Gasteiger partial charge in [0.15, 0.2) is 0 Å². The van der Waals surface area contributed by atoms with Crippen molar-refractivity contribution >= 4 is 23.3 Å². The van der Waals surface area contributed by atoms with Crippen LogP contribution in [0.5, 0.6) is 0 Å². The summed E-state index contributed by atoms with van der Waals surface area (Å²) in [6.07, 6.45) is 6.86. The van der Waals surface area contributed by atoms with E-state index in [1.807, 2.05) is 12.3 Å². The van der Waals surface area contributed by atoms with Crippen LogP contribution in [0.1, 0.15) is 24.8 Å². The van der Waals surface area contributed by atoms with E-state index < -0.39 is 0 Å². The largest absolute Gasteiger partial charge is 0.379 e. The summed E-state index contributed by atoms with van der Waals surface area (Å²) >= 11 is 0. The number of fused-ring (bicyclic) bond motifs is 1. The number of hydrogen-bond acceptors (Lipinski definition) is 4. The van der Waals surface area contributed by atoms with E-state index in [0.717, 1.165) is 38.2 Å². The van der Waals surface area contributed by atoms with Gasteiger partial charge in [0.1, 0.15) is 0 Å². The van der Waals surface area contributed by atoms with E-state index in [9.17, 15) is 0 Å². The molecule has 2 aliphatic rings. The molecule has 3 atom stereocenters. The molecule has 2 N–H and O–H groups in total. The number of hydrogen-bond donors (Lipinski definition) is 2. The van der Waals surface area contributed by atoms with E-state index in [2.05, 4.69) is 39.9 Å². The Morgan fingerprint density at radius 2 is 2.12 bits per heavy atom. The molecule has 0 amide bonds. The summed E-state index contributed by atoms with van der Waals surface area (Å²) in [5.74, 6) is 0.705. The molecule has 1 aliphatic carbocycles. The average molecular weight is 362 g/mol. The van der Waals surface area contributed by atoms with Crippen LogP contribution in [-0.2, 0) is 11.2 Å². The molecule has 136 valence electrons. The second kappa shape index (κ2) is 8.95. The van der Waals surface area contributed by atoms with Gasteiger partial charge in [-0.25, -0.2) is 0 Å². The van der Waals surface area contributed by atoms with Gasteiger partial charge in [0.05, 0.1) is 18.7 Å². The molecule has 4 nitrogen and oxygen atoms in total. The summed E-state index contributed by atoms with van der Waals surface area (Å²) in [6.45, 7) is 3.74. The second-order valence-electron chi connectivity index (χ2n) is 7.03. The van der Waals surface area contributed by atoms with Crippen molar-refractivity contribution in [2.75, 3.05) is 26.3 Å². The third-order valence-corrected chi connectivity index (χ3v) is 5.55. The zero-order valence-electron chi connectivity index (χ0n) is 14.6. The normalized spacial score (nSPS) is 26.5. The molecule has 1 saturated carbocycles. The molecule has 1 aromatic heterocycles. The monoisotopic (exact) mass is 361 g/mol. The number of aromatic nitrogens is 1. The standard InChI is InChI=1S/C20H27N3O.ClH/c1-4-15-6-3-10-23-20(15)16(5-1)9-11-21-18-8-2-7-17(18)19-14-24-13-12-22-19;/h1,3-6,10,17-19,21-22H,2,7-9,11-14H2;1H. The van der Waals surface area contributed by atoms with Crippen molar-refractivity contribution in [3.8, 4) is 0 Å². The smallest absolute Gasteiger partial charge is 0.0734 e. The first-order chi connectivity index (χ1) is 11.9. The molecule has 0 spiro atoms. The summed E-state index contributed by atoms with van der Waals surface area (Å²) < 4.78 is 5.67. The minimum Gasteiger partial charge on any atom is -0.379 e. The van der Waals surface area contributed by atoms with Gasteiger partial charge < -0.3 is 15.4 Å². The highest BCUT2D eigenvalue weighted by Gasteiger charge is 2.34. The highest BCUT2D eigenvalue weighted by atomic mass is 35.5. The van der Waals surface area contributed by atoms with Crippen molar-refractivity contribution in [1.82, 2.24) is 15.6 Å². The maximum absolute atomic E-state index is 5.67. The Morgan fingerprint density at radius 3 is 3.00 bits per heavy atom. The van der Waals surface area contributed by atoms with Crippen LogP contribution < -0.4 is 10.6 Å². The molecule has 3 unspecified atom stereocenters. The minimum absolute atomic E-state index is 0. The van der Waals surface area contributed by atoms with E-state index in [1.54, 1.807) is 0 Å². The van der Waals surface area contributed by atoms with Crippen molar-refractivity contribution < 1.29 is 4.74 Å². The molecule has 1 aliphatic heterocycles. The fourth-order valence-electron chi connectivity index (χ4n) is 4.35. The highest BCUT2D eigenvalue weighted by molar-refractivity contribution is 5.85. The quantitative estimate of drug-likeness (QED) is 0.859. The maximum atomic E-state index is 5.67. The predicted molar refractivity (Wildman–Crippen MR) is 104 cm³/mol. The number of para-hydroxylation sites is 1. The van der Waals surface area contributed by atoms with Crippen molar-refractivity contribution in [2.24, 2.45) is 5.92 Å². The lowest BCUT2D eigenvalue weighted by atomic mass is 9.94. The SMILES string of the molecule is Cl.c1cnc2c(CCNC3CCCC3C3COCCN3)cccc2c1. The third kappa shape index (κ3) is 4.32. The number of ether oxygens (including phenoxy) is 1. The third-order valence-electron chi connectivity index (χ3n) is 5.55. The number of benzene rings is 1. The topological polar surface area (TPSA) is 46.2 Å². The molecule has 2 fully saturated rings. The van der Waals surface area contributed by atoms with Crippen LogP contribution in [0.25, 0.3) is 10.9 Å². The first-order valence-corrected chi connectivity index (χ1v) is 9.29. The zero-order valence-corrected chi connectivity index (χ0v) is 15.4. The van der Waals surface area contributed by atoms with Crippen LogP contribution in [0.3, 0.4) is 0 Å². The Kier molecular flexibility index (Phi) is 6.65. The molecular formula is C20H28ClN3O. The van der Waals surface area contributed by atoms with Gasteiger partial charge in [0, 0.05) is 30.2 Å². The summed E-state index contributed by atoms with van der Waals surface area (Å²) in [5, 5.41) is 8.70. The van der Waals surface area contributed by atoms with Crippen LogP contribution in [0.15, 0.2) is 36.5 Å². The van der Waals surface area contributed by atoms with Crippen LogP contribution in [-0.4, -0.2) is 43.4 Å². The lowest BCUT2D eigenvalue weighted by molar-refractivity contribution is 0.0526. The van der Waals surface area contributed by atoms with Gasteiger partial charge in [0.2, 0.25) is 0 Å². The average Bonchev–Trinajstić information content (AvgIpc) is 3.11. The molecule has 1 aromatic carbocycles. The summed E-state index contributed by atoms with van der Waals surface area (Å²) in [4.78, 5) is 4.57. The summed E-state index contributed by atoms with van der Waals surface area (Å²) in [5.41, 5.74) is 2.49. The number of nitrogens with one attached hydrogen (secondary N) is 2. The van der Waals surface area contributed by atoms with Gasteiger partial charge in [-0.3, -0.25) is 4.98 Å². The summed E-state index contributed by atoms with van der Waals surface area (Å²) in [7, 11) is 0.